The molecule has 22 heavy (non-hydrogen) atoms. The van der Waals surface area contributed by atoms with Crippen molar-refractivity contribution in [2.75, 3.05) is 7.11 Å². The van der Waals surface area contributed by atoms with E-state index in [4.69, 9.17) is 33.7 Å². The Balaban J connectivity index is 2.04. The summed E-state index contributed by atoms with van der Waals surface area (Å²) in [6.07, 6.45) is 1.49. The van der Waals surface area contributed by atoms with Crippen LogP contribution in [0.2, 0.25) is 10.0 Å². The first-order valence-corrected chi connectivity index (χ1v) is 7.28. The van der Waals surface area contributed by atoms with Crippen molar-refractivity contribution in [2.24, 2.45) is 10.7 Å². The molecule has 1 atom stereocenters. The van der Waals surface area contributed by atoms with Crippen LogP contribution in [0.1, 0.15) is 5.56 Å². The minimum absolute atomic E-state index is 0.501. The van der Waals surface area contributed by atoms with Crippen molar-refractivity contribution in [1.82, 2.24) is 10.9 Å². The monoisotopic (exact) mass is 336 g/mol. The first-order chi connectivity index (χ1) is 10.5. The van der Waals surface area contributed by atoms with Crippen molar-refractivity contribution in [3.8, 4) is 16.9 Å². The minimum Gasteiger partial charge on any atom is -0.497 e. The van der Waals surface area contributed by atoms with Crippen LogP contribution in [-0.4, -0.2) is 13.4 Å². The summed E-state index contributed by atoms with van der Waals surface area (Å²) in [5, 5.41) is 1.00. The lowest BCUT2D eigenvalue weighted by Crippen LogP contribution is -2.49. The number of halogens is 2. The zero-order valence-electron chi connectivity index (χ0n) is 11.7. The highest BCUT2D eigenvalue weighted by Gasteiger charge is 2.30. The van der Waals surface area contributed by atoms with Crippen molar-refractivity contribution < 1.29 is 4.74 Å². The predicted octanol–water partition coefficient (Wildman–Crippen LogP) is 2.87. The molecule has 114 valence electrons. The molecule has 3 rings (SSSR count). The third-order valence-electron chi connectivity index (χ3n) is 3.46. The molecular weight excluding hydrogens is 323 g/mol. The van der Waals surface area contributed by atoms with E-state index in [0.29, 0.717) is 15.6 Å². The van der Waals surface area contributed by atoms with Crippen LogP contribution in [0.25, 0.3) is 11.1 Å². The standard InChI is InChI=1S/C15H14Cl2N4O/c1-22-11-4-2-9(3-5-11)14-12(16)6-10(7-13(14)17)15(18)19-8-20-21-15/h2-8,21H,18H2,1H3,(H,19,20). The Kier molecular flexibility index (Phi) is 3.97. The average Bonchev–Trinajstić information content (AvgIpc) is 2.95. The fourth-order valence-electron chi connectivity index (χ4n) is 2.28. The van der Waals surface area contributed by atoms with E-state index < -0.39 is 5.79 Å². The molecule has 4 N–H and O–H groups in total. The molecule has 1 heterocycles. The lowest BCUT2D eigenvalue weighted by Gasteiger charge is -2.22. The SMILES string of the molecule is COc1ccc(-c2c(Cl)cc(C3(N)N=CNN3)cc2Cl)cc1. The Labute approximate surface area is 138 Å². The normalized spacial score (nSPS) is 20.0. The molecule has 1 aliphatic rings. The minimum atomic E-state index is -1.08. The Morgan fingerprint density at radius 2 is 1.77 bits per heavy atom. The van der Waals surface area contributed by atoms with Crippen LogP contribution < -0.4 is 21.3 Å². The second-order valence-electron chi connectivity index (χ2n) is 4.84. The number of nitrogens with one attached hydrogen (secondary N) is 2. The number of ether oxygens (including phenoxy) is 1. The van der Waals surface area contributed by atoms with E-state index in [9.17, 15) is 0 Å². The maximum absolute atomic E-state index is 6.41. The van der Waals surface area contributed by atoms with Gasteiger partial charge in [-0.25, -0.2) is 4.99 Å². The number of aliphatic imine (C=N–C) groups is 1. The van der Waals surface area contributed by atoms with Crippen LogP contribution in [0.3, 0.4) is 0 Å². The van der Waals surface area contributed by atoms with Gasteiger partial charge < -0.3 is 10.2 Å². The zero-order valence-corrected chi connectivity index (χ0v) is 13.2. The molecule has 2 aromatic rings. The van der Waals surface area contributed by atoms with Gasteiger partial charge in [0.1, 0.15) is 12.1 Å². The Morgan fingerprint density at radius 3 is 2.27 bits per heavy atom. The van der Waals surface area contributed by atoms with E-state index in [0.717, 1.165) is 16.9 Å². The van der Waals surface area contributed by atoms with Crippen molar-refractivity contribution in [3.63, 3.8) is 0 Å². The lowest BCUT2D eigenvalue weighted by atomic mass is 10.0. The van der Waals surface area contributed by atoms with Gasteiger partial charge in [0.2, 0.25) is 5.79 Å². The summed E-state index contributed by atoms with van der Waals surface area (Å²) < 4.78 is 5.15. The summed E-state index contributed by atoms with van der Waals surface area (Å²) in [4.78, 5) is 4.14. The molecule has 1 unspecified atom stereocenters. The van der Waals surface area contributed by atoms with Crippen LogP contribution in [0.4, 0.5) is 0 Å². The number of nitrogens with two attached hydrogens (primary N) is 1. The maximum atomic E-state index is 6.41. The number of hydrazine groups is 1. The predicted molar refractivity (Wildman–Crippen MR) is 89.1 cm³/mol. The number of hydrogen-bond acceptors (Lipinski definition) is 5. The molecule has 0 saturated carbocycles. The summed E-state index contributed by atoms with van der Waals surface area (Å²) in [5.41, 5.74) is 14.0. The highest BCUT2D eigenvalue weighted by atomic mass is 35.5. The van der Waals surface area contributed by atoms with Crippen molar-refractivity contribution >= 4 is 29.5 Å². The molecule has 0 bridgehead atoms. The summed E-state index contributed by atoms with van der Waals surface area (Å²) in [6, 6.07) is 11.0. The van der Waals surface area contributed by atoms with E-state index in [-0.39, 0.29) is 0 Å². The highest BCUT2D eigenvalue weighted by Crippen LogP contribution is 2.38. The van der Waals surface area contributed by atoms with E-state index in [1.54, 1.807) is 19.2 Å². The van der Waals surface area contributed by atoms with Crippen LogP contribution in [-0.2, 0) is 5.79 Å². The number of nitrogens with zero attached hydrogens (tertiary/aromatic N) is 1. The zero-order chi connectivity index (χ0) is 15.7. The van der Waals surface area contributed by atoms with E-state index >= 15 is 0 Å². The third kappa shape index (κ3) is 2.64. The molecule has 2 aromatic carbocycles. The number of hydrogen-bond donors (Lipinski definition) is 3. The van der Waals surface area contributed by atoms with Gasteiger partial charge in [-0.3, -0.25) is 5.73 Å². The topological polar surface area (TPSA) is 71.7 Å². The molecule has 0 amide bonds. The first-order valence-electron chi connectivity index (χ1n) is 6.53. The van der Waals surface area contributed by atoms with Gasteiger partial charge in [0.25, 0.3) is 0 Å². The Hall–Kier alpha value is -1.79. The van der Waals surface area contributed by atoms with Gasteiger partial charge in [-0.05, 0) is 29.8 Å². The molecule has 0 aliphatic carbocycles. The van der Waals surface area contributed by atoms with Crippen molar-refractivity contribution in [1.29, 1.82) is 0 Å². The van der Waals surface area contributed by atoms with Crippen LogP contribution in [0, 0.1) is 0 Å². The molecule has 0 spiro atoms. The fraction of sp³-hybridized carbons (Fsp3) is 0.133. The fourth-order valence-corrected chi connectivity index (χ4v) is 2.99. The smallest absolute Gasteiger partial charge is 0.206 e. The summed E-state index contributed by atoms with van der Waals surface area (Å²) in [7, 11) is 1.62. The Morgan fingerprint density at radius 1 is 1.14 bits per heavy atom. The van der Waals surface area contributed by atoms with Gasteiger partial charge in [0.15, 0.2) is 0 Å². The van der Waals surface area contributed by atoms with E-state index in [2.05, 4.69) is 15.8 Å². The molecule has 0 saturated heterocycles. The Bertz CT molecular complexity index is 710. The molecular formula is C15H14Cl2N4O. The van der Waals surface area contributed by atoms with Gasteiger partial charge in [0.05, 0.1) is 17.2 Å². The molecule has 0 fully saturated rings. The van der Waals surface area contributed by atoms with Gasteiger partial charge in [-0.1, -0.05) is 35.3 Å². The quantitative estimate of drug-likeness (QED) is 0.805. The number of rotatable bonds is 3. The largest absolute Gasteiger partial charge is 0.497 e. The van der Waals surface area contributed by atoms with Crippen LogP contribution >= 0.6 is 23.2 Å². The molecule has 7 heteroatoms. The summed E-state index contributed by atoms with van der Waals surface area (Å²) in [5.74, 6) is -0.310. The first kappa shape index (κ1) is 15.1. The van der Waals surface area contributed by atoms with E-state index in [1.807, 2.05) is 24.3 Å². The number of benzene rings is 2. The van der Waals surface area contributed by atoms with Crippen LogP contribution in [0.5, 0.6) is 5.75 Å². The number of methoxy groups -OCH3 is 1. The molecule has 1 aliphatic heterocycles. The van der Waals surface area contributed by atoms with E-state index in [1.165, 1.54) is 6.34 Å². The second kappa shape index (κ2) is 5.78. The van der Waals surface area contributed by atoms with Crippen LogP contribution in [0.15, 0.2) is 41.4 Å². The molecule has 0 radical (unpaired) electrons. The molecule has 5 nitrogen and oxygen atoms in total. The van der Waals surface area contributed by atoms with Gasteiger partial charge >= 0.3 is 0 Å². The maximum Gasteiger partial charge on any atom is 0.206 e. The summed E-state index contributed by atoms with van der Waals surface area (Å²) >= 11 is 12.8. The molecule has 0 aromatic heterocycles. The summed E-state index contributed by atoms with van der Waals surface area (Å²) in [6.45, 7) is 0. The second-order valence-corrected chi connectivity index (χ2v) is 5.65. The van der Waals surface area contributed by atoms with Gasteiger partial charge in [0, 0.05) is 11.1 Å². The van der Waals surface area contributed by atoms with Gasteiger partial charge in [-0.15, -0.1) is 0 Å². The van der Waals surface area contributed by atoms with Crippen molar-refractivity contribution in [3.05, 3.63) is 52.0 Å². The highest BCUT2D eigenvalue weighted by molar-refractivity contribution is 6.39. The van der Waals surface area contributed by atoms with Crippen molar-refractivity contribution in [2.45, 2.75) is 5.79 Å². The lowest BCUT2D eigenvalue weighted by molar-refractivity contribution is 0.375. The average molecular weight is 337 g/mol. The third-order valence-corrected chi connectivity index (χ3v) is 4.05. The van der Waals surface area contributed by atoms with Gasteiger partial charge in [-0.2, -0.15) is 5.43 Å².